The summed E-state index contributed by atoms with van der Waals surface area (Å²) in [5.74, 6) is 1.49. The van der Waals surface area contributed by atoms with E-state index in [9.17, 15) is 4.79 Å². The normalized spacial score (nSPS) is 15.0. The maximum Gasteiger partial charge on any atom is 0.231 e. The third kappa shape index (κ3) is 2.85. The summed E-state index contributed by atoms with van der Waals surface area (Å²) in [6.45, 7) is 2.49. The molecular weight excluding hydrogens is 332 g/mol. The van der Waals surface area contributed by atoms with E-state index in [1.165, 1.54) is 0 Å². The Morgan fingerprint density at radius 3 is 2.67 bits per heavy atom. The molecule has 0 fully saturated rings. The molecular formula is C17H13BrO3. The number of carbonyl (C=O) groups excluding carboxylic acids is 1. The third-order valence-electron chi connectivity index (χ3n) is 3.12. The van der Waals surface area contributed by atoms with Crippen molar-refractivity contribution >= 4 is 27.8 Å². The summed E-state index contributed by atoms with van der Waals surface area (Å²) in [5.41, 5.74) is 1.49. The van der Waals surface area contributed by atoms with Gasteiger partial charge >= 0.3 is 0 Å². The number of rotatable bonds is 3. The summed E-state index contributed by atoms with van der Waals surface area (Å²) >= 11 is 3.38. The Kier molecular flexibility index (Phi) is 3.80. The molecule has 0 amide bonds. The molecule has 0 saturated heterocycles. The van der Waals surface area contributed by atoms with Crippen LogP contribution in [-0.4, -0.2) is 12.4 Å². The fraction of sp³-hybridized carbons (Fsp3) is 0.118. The Morgan fingerprint density at radius 1 is 1.19 bits per heavy atom. The molecule has 1 heterocycles. The van der Waals surface area contributed by atoms with Crippen LogP contribution in [0.3, 0.4) is 0 Å². The van der Waals surface area contributed by atoms with Gasteiger partial charge in [-0.1, -0.05) is 28.1 Å². The minimum absolute atomic E-state index is 0.101. The monoisotopic (exact) mass is 344 g/mol. The molecule has 0 aromatic heterocycles. The largest absolute Gasteiger partial charge is 0.494 e. The maximum absolute atomic E-state index is 12.3. The van der Waals surface area contributed by atoms with Gasteiger partial charge in [0.1, 0.15) is 11.5 Å². The summed E-state index contributed by atoms with van der Waals surface area (Å²) in [5, 5.41) is 0. The van der Waals surface area contributed by atoms with Gasteiger partial charge in [0.05, 0.1) is 12.2 Å². The summed E-state index contributed by atoms with van der Waals surface area (Å²) in [6.07, 6.45) is 1.75. The number of allylic oxidation sites excluding steroid dienone is 1. The highest BCUT2D eigenvalue weighted by molar-refractivity contribution is 9.10. The molecule has 106 valence electrons. The Labute approximate surface area is 131 Å². The Hall–Kier alpha value is -2.07. The number of fused-ring (bicyclic) bond motifs is 1. The Morgan fingerprint density at radius 2 is 1.95 bits per heavy atom. The summed E-state index contributed by atoms with van der Waals surface area (Å²) in [7, 11) is 0. The Bertz CT molecular complexity index is 717. The highest BCUT2D eigenvalue weighted by atomic mass is 79.9. The van der Waals surface area contributed by atoms with Crippen LogP contribution in [0.25, 0.3) is 6.08 Å². The SMILES string of the molecule is CCOc1ccc2c(c1)OC(=Cc1ccc(Br)cc1)C2=O. The molecule has 0 saturated carbocycles. The van der Waals surface area contributed by atoms with E-state index in [0.717, 1.165) is 10.0 Å². The first kappa shape index (κ1) is 13.9. The maximum atomic E-state index is 12.3. The number of halogens is 1. The van der Waals surface area contributed by atoms with Gasteiger partial charge in [-0.05, 0) is 42.8 Å². The lowest BCUT2D eigenvalue weighted by atomic mass is 10.1. The standard InChI is InChI=1S/C17H13BrO3/c1-2-20-13-7-8-14-15(10-13)21-16(17(14)19)9-11-3-5-12(18)6-4-11/h3-10H,2H2,1H3. The highest BCUT2D eigenvalue weighted by Crippen LogP contribution is 2.34. The van der Waals surface area contributed by atoms with Gasteiger partial charge in [0, 0.05) is 10.5 Å². The zero-order valence-electron chi connectivity index (χ0n) is 11.4. The fourth-order valence-electron chi connectivity index (χ4n) is 2.13. The lowest BCUT2D eigenvalue weighted by Crippen LogP contribution is -1.97. The third-order valence-corrected chi connectivity index (χ3v) is 3.65. The predicted octanol–water partition coefficient (Wildman–Crippen LogP) is 4.46. The quantitative estimate of drug-likeness (QED) is 0.771. The van der Waals surface area contributed by atoms with Crippen molar-refractivity contribution < 1.29 is 14.3 Å². The fourth-order valence-corrected chi connectivity index (χ4v) is 2.40. The van der Waals surface area contributed by atoms with Crippen molar-refractivity contribution in [3.8, 4) is 11.5 Å². The molecule has 0 N–H and O–H groups in total. The smallest absolute Gasteiger partial charge is 0.231 e. The van der Waals surface area contributed by atoms with Gasteiger partial charge in [0.2, 0.25) is 5.78 Å². The zero-order valence-corrected chi connectivity index (χ0v) is 13.0. The van der Waals surface area contributed by atoms with Crippen molar-refractivity contribution in [3.05, 3.63) is 63.8 Å². The van der Waals surface area contributed by atoms with E-state index in [1.54, 1.807) is 24.3 Å². The molecule has 0 bridgehead atoms. The van der Waals surface area contributed by atoms with Crippen molar-refractivity contribution in [2.75, 3.05) is 6.61 Å². The first-order valence-electron chi connectivity index (χ1n) is 6.64. The van der Waals surface area contributed by atoms with Crippen LogP contribution >= 0.6 is 15.9 Å². The van der Waals surface area contributed by atoms with E-state index in [-0.39, 0.29) is 5.78 Å². The first-order valence-corrected chi connectivity index (χ1v) is 7.43. The van der Waals surface area contributed by atoms with Gasteiger partial charge in [-0.2, -0.15) is 0 Å². The minimum Gasteiger partial charge on any atom is -0.494 e. The predicted molar refractivity (Wildman–Crippen MR) is 84.7 cm³/mol. The van der Waals surface area contributed by atoms with Gasteiger partial charge < -0.3 is 9.47 Å². The number of carbonyl (C=O) groups is 1. The molecule has 0 aliphatic carbocycles. The van der Waals surface area contributed by atoms with Gasteiger partial charge in [0.25, 0.3) is 0 Å². The molecule has 4 heteroatoms. The van der Waals surface area contributed by atoms with Crippen LogP contribution < -0.4 is 9.47 Å². The second-order valence-electron chi connectivity index (χ2n) is 4.58. The van der Waals surface area contributed by atoms with Crippen LogP contribution in [0, 0.1) is 0 Å². The van der Waals surface area contributed by atoms with E-state index >= 15 is 0 Å². The lowest BCUT2D eigenvalue weighted by molar-refractivity contribution is 0.101. The van der Waals surface area contributed by atoms with E-state index in [0.29, 0.717) is 29.4 Å². The lowest BCUT2D eigenvalue weighted by Gasteiger charge is -2.03. The molecule has 2 aromatic rings. The number of hydrogen-bond acceptors (Lipinski definition) is 3. The number of Topliss-reactive ketones (excluding diaryl/α,β-unsaturated/α-hetero) is 1. The first-order chi connectivity index (χ1) is 10.2. The molecule has 21 heavy (non-hydrogen) atoms. The van der Waals surface area contributed by atoms with Gasteiger partial charge in [-0.25, -0.2) is 0 Å². The number of ether oxygens (including phenoxy) is 2. The van der Waals surface area contributed by atoms with Crippen LogP contribution in [0.4, 0.5) is 0 Å². The van der Waals surface area contributed by atoms with Crippen LogP contribution in [0.15, 0.2) is 52.7 Å². The average Bonchev–Trinajstić information content (AvgIpc) is 2.78. The summed E-state index contributed by atoms with van der Waals surface area (Å²) < 4.78 is 12.1. The van der Waals surface area contributed by atoms with Crippen molar-refractivity contribution in [1.82, 2.24) is 0 Å². The number of benzene rings is 2. The zero-order chi connectivity index (χ0) is 14.8. The molecule has 1 aliphatic heterocycles. The molecule has 3 rings (SSSR count). The van der Waals surface area contributed by atoms with Crippen LogP contribution in [0.1, 0.15) is 22.8 Å². The second kappa shape index (κ2) is 5.74. The number of ketones is 1. The van der Waals surface area contributed by atoms with Crippen LogP contribution in [0.5, 0.6) is 11.5 Å². The summed E-state index contributed by atoms with van der Waals surface area (Å²) in [4.78, 5) is 12.3. The Balaban J connectivity index is 1.90. The molecule has 1 aliphatic rings. The molecule has 0 unspecified atom stereocenters. The molecule has 0 radical (unpaired) electrons. The van der Waals surface area contributed by atoms with Gasteiger partial charge in [-0.15, -0.1) is 0 Å². The van der Waals surface area contributed by atoms with Crippen molar-refractivity contribution in [3.63, 3.8) is 0 Å². The second-order valence-corrected chi connectivity index (χ2v) is 5.50. The van der Waals surface area contributed by atoms with E-state index in [2.05, 4.69) is 15.9 Å². The molecule has 3 nitrogen and oxygen atoms in total. The number of hydrogen-bond donors (Lipinski definition) is 0. The van der Waals surface area contributed by atoms with Crippen LogP contribution in [-0.2, 0) is 0 Å². The van der Waals surface area contributed by atoms with E-state index < -0.39 is 0 Å². The molecule has 0 atom stereocenters. The van der Waals surface area contributed by atoms with Crippen molar-refractivity contribution in [2.24, 2.45) is 0 Å². The van der Waals surface area contributed by atoms with Crippen LogP contribution in [0.2, 0.25) is 0 Å². The van der Waals surface area contributed by atoms with Gasteiger partial charge in [0.15, 0.2) is 5.76 Å². The minimum atomic E-state index is -0.101. The topological polar surface area (TPSA) is 35.5 Å². The highest BCUT2D eigenvalue weighted by Gasteiger charge is 2.27. The van der Waals surface area contributed by atoms with E-state index in [1.807, 2.05) is 31.2 Å². The van der Waals surface area contributed by atoms with Crippen molar-refractivity contribution in [1.29, 1.82) is 0 Å². The average molecular weight is 345 g/mol. The van der Waals surface area contributed by atoms with E-state index in [4.69, 9.17) is 9.47 Å². The van der Waals surface area contributed by atoms with Crippen molar-refractivity contribution in [2.45, 2.75) is 6.92 Å². The van der Waals surface area contributed by atoms with Gasteiger partial charge in [-0.3, -0.25) is 4.79 Å². The summed E-state index contributed by atoms with van der Waals surface area (Å²) in [6, 6.07) is 13.0. The molecule has 0 spiro atoms. The molecule has 2 aromatic carbocycles.